The van der Waals surface area contributed by atoms with Gasteiger partial charge in [-0.25, -0.2) is 0 Å². The van der Waals surface area contributed by atoms with Crippen LogP contribution in [-0.4, -0.2) is 41.7 Å². The molecule has 0 aliphatic rings. The Labute approximate surface area is 90.6 Å². The lowest BCUT2D eigenvalue weighted by molar-refractivity contribution is -0.344. The van der Waals surface area contributed by atoms with Crippen LogP contribution >= 0.6 is 0 Å². The fourth-order valence-corrected chi connectivity index (χ4v) is 0.672. The van der Waals surface area contributed by atoms with Crippen LogP contribution in [0, 0.1) is 0 Å². The van der Waals surface area contributed by atoms with Crippen molar-refractivity contribution in [2.45, 2.75) is 31.0 Å². The van der Waals surface area contributed by atoms with Crippen molar-refractivity contribution >= 4 is 5.91 Å². The summed E-state index contributed by atoms with van der Waals surface area (Å²) in [6.45, 7) is 0.142. The summed E-state index contributed by atoms with van der Waals surface area (Å²) < 4.78 is 84.6. The Bertz CT molecular complexity index is 286. The molecule has 0 bridgehead atoms. The third-order valence-electron chi connectivity index (χ3n) is 1.59. The minimum Gasteiger partial charge on any atom is -0.392 e. The third-order valence-corrected chi connectivity index (χ3v) is 1.59. The zero-order chi connectivity index (χ0) is 14.1. The van der Waals surface area contributed by atoms with Crippen LogP contribution in [0.4, 0.5) is 30.7 Å². The van der Waals surface area contributed by atoms with Crippen LogP contribution < -0.4 is 5.32 Å². The van der Waals surface area contributed by atoms with Crippen molar-refractivity contribution in [1.82, 2.24) is 5.32 Å². The molecule has 0 saturated carbocycles. The highest BCUT2D eigenvalue weighted by Gasteiger charge is 2.76. The third kappa shape index (κ3) is 3.20. The minimum absolute atomic E-state index is 0.873. The SMILES string of the molecule is C[C@H](O)CNC(=O)C(F)(F)C(F)(F)C(F)(F)F. The maximum Gasteiger partial charge on any atom is 0.460 e. The summed E-state index contributed by atoms with van der Waals surface area (Å²) >= 11 is 0. The van der Waals surface area contributed by atoms with Gasteiger partial charge in [-0.05, 0) is 6.92 Å². The Balaban J connectivity index is 4.94. The Morgan fingerprint density at radius 2 is 1.59 bits per heavy atom. The number of hydrogen-bond acceptors (Lipinski definition) is 2. The van der Waals surface area contributed by atoms with Crippen LogP contribution in [-0.2, 0) is 4.79 Å². The topological polar surface area (TPSA) is 49.3 Å². The van der Waals surface area contributed by atoms with Crippen molar-refractivity contribution in [1.29, 1.82) is 0 Å². The van der Waals surface area contributed by atoms with E-state index in [-0.39, 0.29) is 0 Å². The lowest BCUT2D eigenvalue weighted by Crippen LogP contribution is -2.59. The quantitative estimate of drug-likeness (QED) is 0.757. The van der Waals surface area contributed by atoms with E-state index in [1.54, 1.807) is 0 Å². The fourth-order valence-electron chi connectivity index (χ4n) is 0.672. The number of rotatable bonds is 4. The second-order valence-electron chi connectivity index (χ2n) is 3.21. The number of nitrogens with one attached hydrogen (secondary N) is 1. The summed E-state index contributed by atoms with van der Waals surface area (Å²) in [5.41, 5.74) is 0. The standard InChI is InChI=1S/C7H8F7NO2/c1-3(16)2-15-4(17)5(8,9)6(10,11)7(12,13)14/h3,16H,2H2,1H3,(H,15,17)/t3-/m0/s1. The summed E-state index contributed by atoms with van der Waals surface area (Å²) in [5, 5.41) is 9.64. The van der Waals surface area contributed by atoms with Gasteiger partial charge in [0, 0.05) is 6.54 Å². The van der Waals surface area contributed by atoms with E-state index in [0.717, 1.165) is 12.2 Å². The second kappa shape index (κ2) is 4.67. The van der Waals surface area contributed by atoms with E-state index in [1.807, 2.05) is 0 Å². The number of amides is 1. The van der Waals surface area contributed by atoms with E-state index in [1.165, 1.54) is 0 Å². The molecule has 102 valence electrons. The first-order chi connectivity index (χ1) is 7.34. The maximum absolute atomic E-state index is 12.6. The van der Waals surface area contributed by atoms with Gasteiger partial charge in [0.2, 0.25) is 0 Å². The van der Waals surface area contributed by atoms with Crippen molar-refractivity contribution in [3.63, 3.8) is 0 Å². The molecule has 10 heteroatoms. The number of carbonyl (C=O) groups excluding carboxylic acids is 1. The summed E-state index contributed by atoms with van der Waals surface area (Å²) in [4.78, 5) is 10.5. The van der Waals surface area contributed by atoms with Crippen LogP contribution in [0.15, 0.2) is 0 Å². The van der Waals surface area contributed by atoms with Crippen molar-refractivity contribution in [3.8, 4) is 0 Å². The van der Waals surface area contributed by atoms with E-state index >= 15 is 0 Å². The summed E-state index contributed by atoms with van der Waals surface area (Å²) in [5.74, 6) is -15.2. The molecule has 0 unspecified atom stereocenters. The van der Waals surface area contributed by atoms with Gasteiger partial charge >= 0.3 is 18.0 Å². The molecule has 3 nitrogen and oxygen atoms in total. The number of aliphatic hydroxyl groups is 1. The molecule has 0 spiro atoms. The summed E-state index contributed by atoms with van der Waals surface area (Å²) in [7, 11) is 0. The zero-order valence-electron chi connectivity index (χ0n) is 8.29. The van der Waals surface area contributed by atoms with Crippen LogP contribution in [0.2, 0.25) is 0 Å². The number of hydrogen-bond donors (Lipinski definition) is 2. The predicted octanol–water partition coefficient (Wildman–Crippen LogP) is 1.32. The van der Waals surface area contributed by atoms with Gasteiger partial charge in [-0.15, -0.1) is 0 Å². The van der Waals surface area contributed by atoms with Gasteiger partial charge in [0.15, 0.2) is 0 Å². The highest BCUT2D eigenvalue weighted by atomic mass is 19.4. The van der Waals surface area contributed by atoms with Crippen molar-refractivity contribution in [3.05, 3.63) is 0 Å². The number of halogens is 7. The number of carbonyl (C=O) groups is 1. The van der Waals surface area contributed by atoms with Crippen LogP contribution in [0.5, 0.6) is 0 Å². The van der Waals surface area contributed by atoms with Crippen LogP contribution in [0.3, 0.4) is 0 Å². The smallest absolute Gasteiger partial charge is 0.392 e. The molecule has 0 aromatic heterocycles. The molecular formula is C7H8F7NO2. The van der Waals surface area contributed by atoms with E-state index in [0.29, 0.717) is 0 Å². The Hall–Kier alpha value is -1.06. The molecule has 0 rings (SSSR count). The Morgan fingerprint density at radius 3 is 1.88 bits per heavy atom. The molecule has 0 saturated heterocycles. The minimum atomic E-state index is -6.56. The van der Waals surface area contributed by atoms with Crippen molar-refractivity contribution in [2.75, 3.05) is 6.54 Å². The molecule has 0 aromatic rings. The van der Waals surface area contributed by atoms with Crippen molar-refractivity contribution < 1.29 is 40.6 Å². The summed E-state index contributed by atoms with van der Waals surface area (Å²) in [6, 6.07) is 0. The van der Waals surface area contributed by atoms with E-state index in [9.17, 15) is 35.5 Å². The molecular weight excluding hydrogens is 263 g/mol. The second-order valence-corrected chi connectivity index (χ2v) is 3.21. The van der Waals surface area contributed by atoms with Gasteiger partial charge < -0.3 is 10.4 Å². The van der Waals surface area contributed by atoms with Gasteiger partial charge in [0.1, 0.15) is 0 Å². The Morgan fingerprint density at radius 1 is 1.18 bits per heavy atom. The van der Waals surface area contributed by atoms with Crippen LogP contribution in [0.25, 0.3) is 0 Å². The maximum atomic E-state index is 12.6. The lowest BCUT2D eigenvalue weighted by Gasteiger charge is -2.27. The monoisotopic (exact) mass is 271 g/mol. The first-order valence-corrected chi connectivity index (χ1v) is 4.12. The van der Waals surface area contributed by atoms with Gasteiger partial charge in [-0.1, -0.05) is 0 Å². The highest BCUT2D eigenvalue weighted by molar-refractivity contribution is 5.84. The van der Waals surface area contributed by atoms with Gasteiger partial charge in [-0.2, -0.15) is 30.7 Å². The molecule has 2 N–H and O–H groups in total. The van der Waals surface area contributed by atoms with E-state index in [2.05, 4.69) is 0 Å². The highest BCUT2D eigenvalue weighted by Crippen LogP contribution is 2.46. The fraction of sp³-hybridized carbons (Fsp3) is 0.857. The average molecular weight is 271 g/mol. The molecule has 0 radical (unpaired) electrons. The Kier molecular flexibility index (Phi) is 4.38. The van der Waals surface area contributed by atoms with Gasteiger partial charge in [0.05, 0.1) is 6.10 Å². The molecule has 0 aromatic carbocycles. The number of alkyl halides is 7. The largest absolute Gasteiger partial charge is 0.460 e. The average Bonchev–Trinajstić information content (AvgIpc) is 2.11. The number of aliphatic hydroxyl groups excluding tert-OH is 1. The lowest BCUT2D eigenvalue weighted by atomic mass is 10.1. The predicted molar refractivity (Wildman–Crippen MR) is 40.6 cm³/mol. The van der Waals surface area contributed by atoms with Crippen molar-refractivity contribution in [2.24, 2.45) is 0 Å². The van der Waals surface area contributed by atoms with E-state index in [4.69, 9.17) is 5.11 Å². The molecule has 1 atom stereocenters. The molecule has 1 amide bonds. The molecule has 0 heterocycles. The zero-order valence-corrected chi connectivity index (χ0v) is 8.29. The molecule has 17 heavy (non-hydrogen) atoms. The van der Waals surface area contributed by atoms with E-state index < -0.39 is 36.6 Å². The van der Waals surface area contributed by atoms with Gasteiger partial charge in [0.25, 0.3) is 5.91 Å². The first-order valence-electron chi connectivity index (χ1n) is 4.12. The normalized spacial score (nSPS) is 15.6. The first kappa shape index (κ1) is 15.9. The summed E-state index contributed by atoms with van der Waals surface area (Å²) in [6.07, 6.45) is -7.92. The van der Waals surface area contributed by atoms with Crippen LogP contribution in [0.1, 0.15) is 6.92 Å². The van der Waals surface area contributed by atoms with Gasteiger partial charge in [-0.3, -0.25) is 4.79 Å². The molecule has 0 fully saturated rings. The molecule has 0 aliphatic heterocycles. The molecule has 0 aliphatic carbocycles.